The second-order valence-electron chi connectivity index (χ2n) is 6.46. The van der Waals surface area contributed by atoms with Crippen molar-refractivity contribution in [3.05, 3.63) is 22.4 Å². The number of hydrogen-bond acceptors (Lipinski definition) is 4. The molecule has 0 radical (unpaired) electrons. The van der Waals surface area contributed by atoms with E-state index in [0.717, 1.165) is 12.8 Å². The third-order valence-electron chi connectivity index (χ3n) is 3.78. The summed E-state index contributed by atoms with van der Waals surface area (Å²) in [4.78, 5) is 25.0. The summed E-state index contributed by atoms with van der Waals surface area (Å²) in [6.07, 6.45) is 2.08. The van der Waals surface area contributed by atoms with E-state index in [0.29, 0.717) is 15.8 Å². The predicted octanol–water partition coefficient (Wildman–Crippen LogP) is 5.79. The van der Waals surface area contributed by atoms with E-state index < -0.39 is 5.82 Å². The van der Waals surface area contributed by atoms with E-state index in [-0.39, 0.29) is 34.8 Å². The summed E-state index contributed by atoms with van der Waals surface area (Å²) in [5.74, 6) is -1.31. The minimum Gasteiger partial charge on any atom is -0.462 e. The van der Waals surface area contributed by atoms with Gasteiger partial charge in [-0.15, -0.1) is 11.8 Å². The van der Waals surface area contributed by atoms with Gasteiger partial charge in [-0.1, -0.05) is 34.1 Å². The number of esters is 1. The Balaban J connectivity index is 3.03. The first-order chi connectivity index (χ1) is 12.2. The molecule has 0 heterocycles. The highest BCUT2D eigenvalue weighted by atomic mass is 79.9. The number of anilines is 1. The molecule has 0 aliphatic rings. The predicted molar refractivity (Wildman–Crippen MR) is 108 cm³/mol. The Labute approximate surface area is 167 Å². The lowest BCUT2D eigenvalue weighted by Gasteiger charge is -2.19. The number of rotatable bonds is 9. The Morgan fingerprint density at radius 3 is 2.46 bits per heavy atom. The first kappa shape index (κ1) is 23.0. The third-order valence-corrected chi connectivity index (χ3v) is 6.00. The Kier molecular flexibility index (Phi) is 9.64. The zero-order valence-electron chi connectivity index (χ0n) is 15.9. The van der Waals surface area contributed by atoms with Crippen LogP contribution in [-0.4, -0.2) is 23.2 Å². The van der Waals surface area contributed by atoms with E-state index in [1.54, 1.807) is 19.9 Å². The summed E-state index contributed by atoms with van der Waals surface area (Å²) in [6.45, 7) is 9.30. The van der Waals surface area contributed by atoms with E-state index in [2.05, 4.69) is 21.2 Å². The molecule has 0 saturated heterocycles. The number of hydrogen-bond donors (Lipinski definition) is 1. The molecule has 0 fully saturated rings. The van der Waals surface area contributed by atoms with Crippen LogP contribution in [-0.2, 0) is 14.3 Å². The fourth-order valence-electron chi connectivity index (χ4n) is 1.99. The standard InChI is InChI=1S/C19H27BrFNO3S/c1-6-8-16(19(24)25-12(5)7-2)26-17-10-15(14(21)9-13(17)20)22-18(23)11(3)4/h9-12,16H,6-8H2,1-5H3,(H,22,23). The van der Waals surface area contributed by atoms with Gasteiger partial charge in [-0.05, 0) is 47.8 Å². The molecule has 0 saturated carbocycles. The Morgan fingerprint density at radius 1 is 1.27 bits per heavy atom. The summed E-state index contributed by atoms with van der Waals surface area (Å²) in [5.41, 5.74) is 0.111. The van der Waals surface area contributed by atoms with Crippen molar-refractivity contribution in [2.24, 2.45) is 5.92 Å². The quantitative estimate of drug-likeness (QED) is 0.384. The second kappa shape index (κ2) is 10.9. The molecule has 0 aromatic heterocycles. The van der Waals surface area contributed by atoms with Crippen molar-refractivity contribution < 1.29 is 18.7 Å². The maximum atomic E-state index is 14.2. The van der Waals surface area contributed by atoms with Crippen LogP contribution in [0.1, 0.15) is 53.9 Å². The monoisotopic (exact) mass is 447 g/mol. The van der Waals surface area contributed by atoms with Crippen LogP contribution in [0, 0.1) is 11.7 Å². The number of carbonyl (C=O) groups is 2. The molecule has 0 aliphatic carbocycles. The maximum Gasteiger partial charge on any atom is 0.319 e. The van der Waals surface area contributed by atoms with Crippen molar-refractivity contribution in [2.45, 2.75) is 70.1 Å². The van der Waals surface area contributed by atoms with E-state index >= 15 is 0 Å². The summed E-state index contributed by atoms with van der Waals surface area (Å²) >= 11 is 4.66. The highest BCUT2D eigenvalue weighted by molar-refractivity contribution is 9.10. The van der Waals surface area contributed by atoms with Gasteiger partial charge in [-0.3, -0.25) is 9.59 Å². The number of ether oxygens (including phenoxy) is 1. The van der Waals surface area contributed by atoms with Crippen LogP contribution in [0.4, 0.5) is 10.1 Å². The fraction of sp³-hybridized carbons (Fsp3) is 0.579. The van der Waals surface area contributed by atoms with Crippen molar-refractivity contribution >= 4 is 45.3 Å². The van der Waals surface area contributed by atoms with Crippen molar-refractivity contribution in [1.29, 1.82) is 0 Å². The van der Waals surface area contributed by atoms with E-state index in [1.165, 1.54) is 17.8 Å². The topological polar surface area (TPSA) is 55.4 Å². The Morgan fingerprint density at radius 2 is 1.92 bits per heavy atom. The van der Waals surface area contributed by atoms with Crippen molar-refractivity contribution in [2.75, 3.05) is 5.32 Å². The number of halogens is 2. The normalized spacial score (nSPS) is 13.4. The summed E-state index contributed by atoms with van der Waals surface area (Å²) in [7, 11) is 0. The van der Waals surface area contributed by atoms with Crippen LogP contribution in [0.2, 0.25) is 0 Å². The van der Waals surface area contributed by atoms with Crippen LogP contribution < -0.4 is 5.32 Å². The molecule has 1 N–H and O–H groups in total. The minimum absolute atomic E-state index is 0.111. The minimum atomic E-state index is -0.524. The average Bonchev–Trinajstić information content (AvgIpc) is 2.57. The van der Waals surface area contributed by atoms with Crippen LogP contribution in [0.5, 0.6) is 0 Å². The molecule has 0 aliphatic heterocycles. The van der Waals surface area contributed by atoms with E-state index in [4.69, 9.17) is 4.74 Å². The molecule has 1 rings (SSSR count). The highest BCUT2D eigenvalue weighted by Gasteiger charge is 2.24. The first-order valence-corrected chi connectivity index (χ1v) is 10.5. The summed E-state index contributed by atoms with van der Waals surface area (Å²) in [5, 5.41) is 2.20. The molecule has 0 bridgehead atoms. The van der Waals surface area contributed by atoms with Gasteiger partial charge in [0.05, 0.1) is 11.8 Å². The third kappa shape index (κ3) is 6.91. The second-order valence-corrected chi connectivity index (χ2v) is 8.56. The number of thioether (sulfide) groups is 1. The molecule has 146 valence electrons. The van der Waals surface area contributed by atoms with Crippen molar-refractivity contribution in [3.63, 3.8) is 0 Å². The van der Waals surface area contributed by atoms with Gasteiger partial charge in [0.2, 0.25) is 5.91 Å². The summed E-state index contributed by atoms with van der Waals surface area (Å²) in [6, 6.07) is 2.87. The van der Waals surface area contributed by atoms with E-state index in [9.17, 15) is 14.0 Å². The molecule has 2 atom stereocenters. The number of amides is 1. The zero-order chi connectivity index (χ0) is 19.9. The number of benzene rings is 1. The number of carbonyl (C=O) groups excluding carboxylic acids is 2. The SMILES string of the molecule is CCCC(Sc1cc(NC(=O)C(C)C)c(F)cc1Br)C(=O)OC(C)CC. The van der Waals surface area contributed by atoms with Crippen LogP contribution in [0.3, 0.4) is 0 Å². The van der Waals surface area contributed by atoms with E-state index in [1.807, 2.05) is 20.8 Å². The average molecular weight is 448 g/mol. The van der Waals surface area contributed by atoms with Gasteiger partial charge in [0.15, 0.2) is 0 Å². The fourth-order valence-corrected chi connectivity index (χ4v) is 3.76. The first-order valence-electron chi connectivity index (χ1n) is 8.86. The smallest absolute Gasteiger partial charge is 0.319 e. The van der Waals surface area contributed by atoms with Gasteiger partial charge >= 0.3 is 5.97 Å². The lowest BCUT2D eigenvalue weighted by Crippen LogP contribution is -2.24. The molecule has 2 unspecified atom stereocenters. The van der Waals surface area contributed by atoms with Crippen LogP contribution in [0.25, 0.3) is 0 Å². The molecule has 1 amide bonds. The number of nitrogens with one attached hydrogen (secondary N) is 1. The molecule has 26 heavy (non-hydrogen) atoms. The van der Waals surface area contributed by atoms with Gasteiger partial charge in [0.1, 0.15) is 11.1 Å². The van der Waals surface area contributed by atoms with Gasteiger partial charge in [-0.2, -0.15) is 0 Å². The van der Waals surface area contributed by atoms with Gasteiger partial charge < -0.3 is 10.1 Å². The Bertz CT molecular complexity index is 639. The highest BCUT2D eigenvalue weighted by Crippen LogP contribution is 2.36. The van der Waals surface area contributed by atoms with Gasteiger partial charge in [-0.25, -0.2) is 4.39 Å². The lowest BCUT2D eigenvalue weighted by molar-refractivity contribution is -0.147. The maximum absolute atomic E-state index is 14.2. The molecule has 7 heteroatoms. The van der Waals surface area contributed by atoms with Crippen LogP contribution in [0.15, 0.2) is 21.5 Å². The zero-order valence-corrected chi connectivity index (χ0v) is 18.3. The summed E-state index contributed by atoms with van der Waals surface area (Å²) < 4.78 is 20.2. The van der Waals surface area contributed by atoms with Crippen molar-refractivity contribution in [3.8, 4) is 0 Å². The van der Waals surface area contributed by atoms with Crippen molar-refractivity contribution in [1.82, 2.24) is 0 Å². The van der Waals surface area contributed by atoms with Gasteiger partial charge in [0.25, 0.3) is 0 Å². The molecule has 1 aromatic rings. The molecular formula is C19H27BrFNO3S. The van der Waals surface area contributed by atoms with Crippen LogP contribution >= 0.6 is 27.7 Å². The van der Waals surface area contributed by atoms with Gasteiger partial charge in [0, 0.05) is 15.3 Å². The molecule has 1 aromatic carbocycles. The Hall–Kier alpha value is -1.08. The largest absolute Gasteiger partial charge is 0.462 e. The molecular weight excluding hydrogens is 421 g/mol. The molecule has 4 nitrogen and oxygen atoms in total. The lowest BCUT2D eigenvalue weighted by atomic mass is 10.2. The molecule has 0 spiro atoms.